The highest BCUT2D eigenvalue weighted by Crippen LogP contribution is 2.34. The van der Waals surface area contributed by atoms with E-state index in [9.17, 15) is 4.79 Å². The van der Waals surface area contributed by atoms with Crippen molar-refractivity contribution in [2.75, 3.05) is 13.1 Å². The zero-order valence-electron chi connectivity index (χ0n) is 12.1. The highest BCUT2D eigenvalue weighted by atomic mass is 35.5. The van der Waals surface area contributed by atoms with Gasteiger partial charge in [0.2, 0.25) is 5.91 Å². The second-order valence-electron chi connectivity index (χ2n) is 6.00. The highest BCUT2D eigenvalue weighted by molar-refractivity contribution is 5.85. The molecule has 2 atom stereocenters. The molecule has 1 amide bonds. The van der Waals surface area contributed by atoms with Gasteiger partial charge in [-0.3, -0.25) is 4.79 Å². The predicted molar refractivity (Wildman–Crippen MR) is 79.0 cm³/mol. The van der Waals surface area contributed by atoms with Crippen LogP contribution < -0.4 is 5.73 Å². The molecule has 0 saturated carbocycles. The molecule has 0 aromatic rings. The summed E-state index contributed by atoms with van der Waals surface area (Å²) in [4.78, 5) is 14.1. The molecule has 2 unspecified atom stereocenters. The van der Waals surface area contributed by atoms with Crippen molar-refractivity contribution >= 4 is 18.3 Å². The predicted octanol–water partition coefficient (Wildman–Crippen LogP) is 2.96. The Balaban J connectivity index is 0.00000289. The summed E-state index contributed by atoms with van der Waals surface area (Å²) in [5.41, 5.74) is 6.04. The van der Waals surface area contributed by atoms with E-state index in [1.165, 1.54) is 19.3 Å². The molecule has 1 saturated heterocycles. The maximum Gasteiger partial charge on any atom is 0.222 e. The van der Waals surface area contributed by atoms with Crippen LogP contribution in [0.2, 0.25) is 0 Å². The molecule has 1 aliphatic heterocycles. The van der Waals surface area contributed by atoms with E-state index in [1.807, 2.05) is 6.92 Å². The lowest BCUT2D eigenvalue weighted by Crippen LogP contribution is -2.45. The number of carbonyl (C=O) groups is 1. The lowest BCUT2D eigenvalue weighted by molar-refractivity contribution is -0.134. The normalized spacial score (nSPS) is 25.4. The van der Waals surface area contributed by atoms with Crippen molar-refractivity contribution in [1.29, 1.82) is 0 Å². The molecular formula is C14H29ClN2O. The molecule has 1 aliphatic rings. The molecule has 3 nitrogen and oxygen atoms in total. The SMILES string of the molecule is CCCC1(C)CCCN(C(=O)CCC(C)N)C1.Cl. The molecule has 4 heteroatoms. The maximum atomic E-state index is 12.1. The third-order valence-electron chi connectivity index (χ3n) is 3.80. The van der Waals surface area contributed by atoms with Crippen molar-refractivity contribution in [3.63, 3.8) is 0 Å². The van der Waals surface area contributed by atoms with Crippen LogP contribution in [0.15, 0.2) is 0 Å². The van der Waals surface area contributed by atoms with Crippen LogP contribution in [0.25, 0.3) is 0 Å². The largest absolute Gasteiger partial charge is 0.342 e. The molecule has 0 aromatic heterocycles. The zero-order chi connectivity index (χ0) is 12.9. The average molecular weight is 277 g/mol. The Kier molecular flexibility index (Phi) is 7.88. The minimum atomic E-state index is 0. The highest BCUT2D eigenvalue weighted by Gasteiger charge is 2.31. The number of hydrogen-bond acceptors (Lipinski definition) is 2. The van der Waals surface area contributed by atoms with Crippen molar-refractivity contribution < 1.29 is 4.79 Å². The van der Waals surface area contributed by atoms with Crippen LogP contribution in [0.5, 0.6) is 0 Å². The van der Waals surface area contributed by atoms with Gasteiger partial charge in [0.15, 0.2) is 0 Å². The van der Waals surface area contributed by atoms with E-state index in [1.54, 1.807) is 0 Å². The van der Waals surface area contributed by atoms with Crippen molar-refractivity contribution in [2.45, 2.75) is 65.3 Å². The molecule has 2 N–H and O–H groups in total. The van der Waals surface area contributed by atoms with E-state index in [2.05, 4.69) is 18.7 Å². The molecule has 18 heavy (non-hydrogen) atoms. The van der Waals surface area contributed by atoms with E-state index in [0.29, 0.717) is 17.7 Å². The number of likely N-dealkylation sites (tertiary alicyclic amines) is 1. The zero-order valence-corrected chi connectivity index (χ0v) is 12.9. The van der Waals surface area contributed by atoms with Gasteiger partial charge in [-0.05, 0) is 38.0 Å². The van der Waals surface area contributed by atoms with Gasteiger partial charge in [-0.25, -0.2) is 0 Å². The molecule has 1 heterocycles. The van der Waals surface area contributed by atoms with E-state index in [4.69, 9.17) is 5.73 Å². The molecule has 1 rings (SSSR count). The standard InChI is InChI=1S/C14H28N2O.ClH/c1-4-8-14(3)9-5-10-16(11-14)13(17)7-6-12(2)15;/h12H,4-11,15H2,1-3H3;1H. The van der Waals surface area contributed by atoms with Crippen LogP contribution in [-0.4, -0.2) is 29.9 Å². The summed E-state index contributed by atoms with van der Waals surface area (Å²) in [5, 5.41) is 0. The number of nitrogens with two attached hydrogens (primary N) is 1. The minimum Gasteiger partial charge on any atom is -0.342 e. The molecule has 0 aromatic carbocycles. The first kappa shape index (κ1) is 17.7. The second kappa shape index (κ2) is 8.00. The van der Waals surface area contributed by atoms with Gasteiger partial charge >= 0.3 is 0 Å². The van der Waals surface area contributed by atoms with Gasteiger partial charge < -0.3 is 10.6 Å². The average Bonchev–Trinajstić information content (AvgIpc) is 2.25. The lowest BCUT2D eigenvalue weighted by atomic mass is 9.78. The van der Waals surface area contributed by atoms with Gasteiger partial charge in [0.05, 0.1) is 0 Å². The first-order valence-electron chi connectivity index (χ1n) is 7.00. The fourth-order valence-corrected chi connectivity index (χ4v) is 2.85. The molecule has 0 spiro atoms. The van der Waals surface area contributed by atoms with E-state index in [0.717, 1.165) is 25.9 Å². The Hall–Kier alpha value is -0.280. The van der Waals surface area contributed by atoms with Gasteiger partial charge in [-0.2, -0.15) is 0 Å². The van der Waals surface area contributed by atoms with Crippen LogP contribution in [-0.2, 0) is 4.79 Å². The lowest BCUT2D eigenvalue weighted by Gasteiger charge is -2.40. The Morgan fingerprint density at radius 3 is 2.72 bits per heavy atom. The number of rotatable bonds is 5. The fraction of sp³-hybridized carbons (Fsp3) is 0.929. The van der Waals surface area contributed by atoms with Crippen molar-refractivity contribution in [1.82, 2.24) is 4.90 Å². The quantitative estimate of drug-likeness (QED) is 0.839. The van der Waals surface area contributed by atoms with Crippen LogP contribution in [0, 0.1) is 5.41 Å². The van der Waals surface area contributed by atoms with Crippen molar-refractivity contribution in [3.8, 4) is 0 Å². The first-order chi connectivity index (χ1) is 7.97. The molecule has 0 bridgehead atoms. The summed E-state index contributed by atoms with van der Waals surface area (Å²) < 4.78 is 0. The Labute approximate surface area is 118 Å². The van der Waals surface area contributed by atoms with Crippen molar-refractivity contribution in [2.24, 2.45) is 11.1 Å². The minimum absolute atomic E-state index is 0. The monoisotopic (exact) mass is 276 g/mol. The van der Waals surface area contributed by atoms with Gasteiger partial charge in [0.1, 0.15) is 0 Å². The summed E-state index contributed by atoms with van der Waals surface area (Å²) in [6, 6.07) is 0.130. The van der Waals surface area contributed by atoms with Crippen LogP contribution in [0.4, 0.5) is 0 Å². The molecule has 0 radical (unpaired) electrons. The molecule has 1 fully saturated rings. The Bertz CT molecular complexity index is 254. The Morgan fingerprint density at radius 1 is 1.50 bits per heavy atom. The van der Waals surface area contributed by atoms with Crippen LogP contribution in [0.1, 0.15) is 59.3 Å². The number of halogens is 1. The van der Waals surface area contributed by atoms with Gasteiger partial charge in [-0.15, -0.1) is 12.4 Å². The Morgan fingerprint density at radius 2 is 2.17 bits per heavy atom. The van der Waals surface area contributed by atoms with Gasteiger partial charge in [0.25, 0.3) is 0 Å². The third kappa shape index (κ3) is 5.57. The third-order valence-corrected chi connectivity index (χ3v) is 3.80. The van der Waals surface area contributed by atoms with E-state index < -0.39 is 0 Å². The smallest absolute Gasteiger partial charge is 0.222 e. The first-order valence-corrected chi connectivity index (χ1v) is 7.00. The summed E-state index contributed by atoms with van der Waals surface area (Å²) >= 11 is 0. The number of hydrogen-bond donors (Lipinski definition) is 1. The topological polar surface area (TPSA) is 46.3 Å². The molecule has 108 valence electrons. The number of amides is 1. The van der Waals surface area contributed by atoms with Gasteiger partial charge in [0, 0.05) is 25.6 Å². The van der Waals surface area contributed by atoms with Crippen LogP contribution >= 0.6 is 12.4 Å². The van der Waals surface area contributed by atoms with Crippen molar-refractivity contribution in [3.05, 3.63) is 0 Å². The number of carbonyl (C=O) groups excluding carboxylic acids is 1. The summed E-state index contributed by atoms with van der Waals surface area (Å²) in [5.74, 6) is 0.296. The number of piperidine rings is 1. The summed E-state index contributed by atoms with van der Waals surface area (Å²) in [6.45, 7) is 8.39. The fourth-order valence-electron chi connectivity index (χ4n) is 2.85. The summed E-state index contributed by atoms with van der Waals surface area (Å²) in [7, 11) is 0. The van der Waals surface area contributed by atoms with E-state index >= 15 is 0 Å². The van der Waals surface area contributed by atoms with Gasteiger partial charge in [-0.1, -0.05) is 20.3 Å². The summed E-state index contributed by atoms with van der Waals surface area (Å²) in [6.07, 6.45) is 6.26. The second-order valence-corrected chi connectivity index (χ2v) is 6.00. The maximum absolute atomic E-state index is 12.1. The van der Waals surface area contributed by atoms with E-state index in [-0.39, 0.29) is 18.4 Å². The van der Waals surface area contributed by atoms with Crippen LogP contribution in [0.3, 0.4) is 0 Å². The molecule has 0 aliphatic carbocycles. The number of nitrogens with zero attached hydrogens (tertiary/aromatic N) is 1. The molecular weight excluding hydrogens is 248 g/mol.